The van der Waals surface area contributed by atoms with Gasteiger partial charge >= 0.3 is 5.97 Å². The van der Waals surface area contributed by atoms with Crippen LogP contribution in [0.25, 0.3) is 16.6 Å². The lowest BCUT2D eigenvalue weighted by Gasteiger charge is -2.13. The first kappa shape index (κ1) is 27.9. The van der Waals surface area contributed by atoms with Crippen molar-refractivity contribution in [2.75, 3.05) is 20.0 Å². The second-order valence-electron chi connectivity index (χ2n) is 7.96. The summed E-state index contributed by atoms with van der Waals surface area (Å²) in [6.45, 7) is 1.27. The summed E-state index contributed by atoms with van der Waals surface area (Å²) in [7, 11) is 2.85. The number of thioether (sulfide) groups is 1. The molecule has 4 aromatic rings. The average molecular weight is 611 g/mol. The van der Waals surface area contributed by atoms with Gasteiger partial charge in [0.1, 0.15) is 0 Å². The number of hydrogen-bond acceptors (Lipinski definition) is 9. The van der Waals surface area contributed by atoms with Crippen molar-refractivity contribution in [3.8, 4) is 22.9 Å². The van der Waals surface area contributed by atoms with E-state index in [4.69, 9.17) is 14.2 Å². The molecule has 1 heterocycles. The maximum Gasteiger partial charge on any atom is 0.308 e. The number of nitrogens with one attached hydrogen (secondary N) is 1. The lowest BCUT2D eigenvalue weighted by Crippen LogP contribution is -2.24. The van der Waals surface area contributed by atoms with E-state index >= 15 is 0 Å². The highest BCUT2D eigenvalue weighted by Crippen LogP contribution is 2.38. The number of methoxy groups -OCH3 is 2. The molecule has 0 aliphatic rings. The predicted octanol–water partition coefficient (Wildman–Crippen LogP) is 4.33. The third kappa shape index (κ3) is 6.65. The molecule has 39 heavy (non-hydrogen) atoms. The third-order valence-corrected chi connectivity index (χ3v) is 6.76. The first-order valence-corrected chi connectivity index (χ1v) is 13.3. The molecule has 0 spiro atoms. The summed E-state index contributed by atoms with van der Waals surface area (Å²) in [5.74, 6) is -0.302. The zero-order chi connectivity index (χ0) is 27.9. The Labute approximate surface area is 236 Å². The molecule has 1 aromatic heterocycles. The van der Waals surface area contributed by atoms with Crippen molar-refractivity contribution < 1.29 is 23.8 Å². The number of halogens is 1. The number of fused-ring (bicyclic) bond motifs is 1. The minimum Gasteiger partial charge on any atom is -0.493 e. The van der Waals surface area contributed by atoms with Gasteiger partial charge in [-0.1, -0.05) is 39.8 Å². The van der Waals surface area contributed by atoms with Gasteiger partial charge in [0.2, 0.25) is 5.75 Å². The van der Waals surface area contributed by atoms with Crippen LogP contribution in [0, 0.1) is 0 Å². The van der Waals surface area contributed by atoms with Gasteiger partial charge in [0.25, 0.3) is 11.5 Å². The molecule has 0 fully saturated rings. The van der Waals surface area contributed by atoms with Crippen LogP contribution in [0.1, 0.15) is 12.5 Å². The maximum atomic E-state index is 13.3. The normalized spacial score (nSPS) is 11.0. The number of aromatic nitrogens is 2. The smallest absolute Gasteiger partial charge is 0.308 e. The second-order valence-corrected chi connectivity index (χ2v) is 9.82. The van der Waals surface area contributed by atoms with E-state index in [0.29, 0.717) is 27.3 Å². The lowest BCUT2D eigenvalue weighted by atomic mass is 10.2. The van der Waals surface area contributed by atoms with Gasteiger partial charge in [-0.15, -0.1) is 0 Å². The molecule has 10 nitrogen and oxygen atoms in total. The number of hydrogen-bond donors (Lipinski definition) is 1. The topological polar surface area (TPSA) is 121 Å². The molecule has 0 bridgehead atoms. The van der Waals surface area contributed by atoms with Gasteiger partial charge in [-0.3, -0.25) is 19.0 Å². The van der Waals surface area contributed by atoms with Crippen molar-refractivity contribution in [1.82, 2.24) is 15.0 Å². The molecule has 0 aliphatic carbocycles. The van der Waals surface area contributed by atoms with Crippen LogP contribution in [-0.4, -0.2) is 47.6 Å². The number of esters is 1. The van der Waals surface area contributed by atoms with Crippen LogP contribution in [0.2, 0.25) is 0 Å². The van der Waals surface area contributed by atoms with Crippen molar-refractivity contribution in [3.63, 3.8) is 0 Å². The fraction of sp³-hybridized carbons (Fsp3) is 0.148. The number of benzene rings is 3. The van der Waals surface area contributed by atoms with Crippen molar-refractivity contribution >= 4 is 56.7 Å². The quantitative estimate of drug-likeness (QED) is 0.0742. The molecule has 12 heteroatoms. The van der Waals surface area contributed by atoms with Crippen LogP contribution in [0.5, 0.6) is 17.2 Å². The predicted molar refractivity (Wildman–Crippen MR) is 152 cm³/mol. The van der Waals surface area contributed by atoms with Crippen LogP contribution >= 0.6 is 27.7 Å². The Hall–Kier alpha value is -4.16. The average Bonchev–Trinajstić information content (AvgIpc) is 2.93. The van der Waals surface area contributed by atoms with Gasteiger partial charge < -0.3 is 14.2 Å². The molecule has 0 saturated heterocycles. The summed E-state index contributed by atoms with van der Waals surface area (Å²) in [4.78, 5) is 42.0. The van der Waals surface area contributed by atoms with E-state index in [1.807, 2.05) is 12.1 Å². The Morgan fingerprint density at radius 3 is 2.38 bits per heavy atom. The van der Waals surface area contributed by atoms with Crippen LogP contribution in [-0.2, 0) is 9.59 Å². The number of carbonyl (C=O) groups is 2. The lowest BCUT2D eigenvalue weighted by molar-refractivity contribution is -0.132. The van der Waals surface area contributed by atoms with Crippen LogP contribution in [0.3, 0.4) is 0 Å². The summed E-state index contributed by atoms with van der Waals surface area (Å²) in [6.07, 6.45) is 1.40. The largest absolute Gasteiger partial charge is 0.493 e. The van der Waals surface area contributed by atoms with E-state index in [1.54, 1.807) is 48.5 Å². The Morgan fingerprint density at radius 2 is 1.74 bits per heavy atom. The van der Waals surface area contributed by atoms with Crippen molar-refractivity contribution in [2.45, 2.75) is 12.1 Å². The number of amides is 1. The minimum absolute atomic E-state index is 0.0450. The van der Waals surface area contributed by atoms with Gasteiger partial charge in [0.05, 0.1) is 42.8 Å². The van der Waals surface area contributed by atoms with E-state index in [2.05, 4.69) is 31.4 Å². The maximum absolute atomic E-state index is 13.3. The minimum atomic E-state index is -0.524. The first-order valence-electron chi connectivity index (χ1n) is 11.5. The Balaban J connectivity index is 1.52. The standard InChI is InChI=1S/C27H23BrN4O6S/c1-16(33)38-25-22(36-2)12-17(13-23(25)37-3)14-29-31-24(34)15-39-27-30-21-7-5-4-6-20(21)26(35)32(27)19-10-8-18(28)9-11-19/h4-14H,15H2,1-3H3,(H,31,34). The molecule has 3 aromatic carbocycles. The first-order chi connectivity index (χ1) is 18.8. The van der Waals surface area contributed by atoms with E-state index in [-0.39, 0.29) is 28.6 Å². The van der Waals surface area contributed by atoms with Crippen molar-refractivity contribution in [3.05, 3.63) is 81.1 Å². The van der Waals surface area contributed by atoms with Gasteiger partial charge in [-0.2, -0.15) is 5.10 Å². The van der Waals surface area contributed by atoms with E-state index in [9.17, 15) is 14.4 Å². The van der Waals surface area contributed by atoms with Gasteiger partial charge in [0.15, 0.2) is 16.7 Å². The molecule has 0 atom stereocenters. The van der Waals surface area contributed by atoms with Gasteiger partial charge in [0, 0.05) is 17.0 Å². The van der Waals surface area contributed by atoms with Gasteiger partial charge in [-0.05, 0) is 48.5 Å². The summed E-state index contributed by atoms with van der Waals surface area (Å²) < 4.78 is 18.1. The summed E-state index contributed by atoms with van der Waals surface area (Å²) in [6, 6.07) is 17.5. The third-order valence-electron chi connectivity index (χ3n) is 5.29. The fourth-order valence-corrected chi connectivity index (χ4v) is 4.66. The number of nitrogens with zero attached hydrogens (tertiary/aromatic N) is 3. The second kappa shape index (κ2) is 12.6. The number of para-hydroxylation sites is 1. The molecule has 4 rings (SSSR count). The number of rotatable bonds is 9. The Bertz CT molecular complexity index is 1600. The summed E-state index contributed by atoms with van der Waals surface area (Å²) >= 11 is 4.52. The highest BCUT2D eigenvalue weighted by molar-refractivity contribution is 9.10. The van der Waals surface area contributed by atoms with Crippen LogP contribution < -0.4 is 25.2 Å². The molecular formula is C27H23BrN4O6S. The fourth-order valence-electron chi connectivity index (χ4n) is 3.59. The van der Waals surface area contributed by atoms with Crippen LogP contribution in [0.15, 0.2) is 80.2 Å². The zero-order valence-electron chi connectivity index (χ0n) is 21.1. The van der Waals surface area contributed by atoms with E-state index in [0.717, 1.165) is 16.2 Å². The van der Waals surface area contributed by atoms with E-state index in [1.165, 1.54) is 31.9 Å². The molecule has 1 N–H and O–H groups in total. The molecule has 1 amide bonds. The number of ether oxygens (including phenoxy) is 3. The molecule has 0 unspecified atom stereocenters. The molecular weight excluding hydrogens is 588 g/mol. The van der Waals surface area contributed by atoms with E-state index < -0.39 is 11.9 Å². The number of carbonyl (C=O) groups excluding carboxylic acids is 2. The van der Waals surface area contributed by atoms with Crippen molar-refractivity contribution in [2.24, 2.45) is 5.10 Å². The zero-order valence-corrected chi connectivity index (χ0v) is 23.5. The Kier molecular flexibility index (Phi) is 8.99. The summed E-state index contributed by atoms with van der Waals surface area (Å²) in [5, 5.41) is 4.85. The highest BCUT2D eigenvalue weighted by atomic mass is 79.9. The monoisotopic (exact) mass is 610 g/mol. The molecule has 0 aliphatic heterocycles. The highest BCUT2D eigenvalue weighted by Gasteiger charge is 2.17. The van der Waals surface area contributed by atoms with Gasteiger partial charge in [-0.25, -0.2) is 10.4 Å². The summed E-state index contributed by atoms with van der Waals surface area (Å²) in [5.41, 5.74) is 3.93. The van der Waals surface area contributed by atoms with Crippen molar-refractivity contribution in [1.29, 1.82) is 0 Å². The van der Waals surface area contributed by atoms with Crippen LogP contribution in [0.4, 0.5) is 0 Å². The Morgan fingerprint density at radius 1 is 1.08 bits per heavy atom. The number of hydrazone groups is 1. The molecule has 0 radical (unpaired) electrons. The molecule has 200 valence electrons. The SMILES string of the molecule is COc1cc(C=NNC(=O)CSc2nc3ccccc3c(=O)n2-c2ccc(Br)cc2)cc(OC)c1OC(C)=O. The molecule has 0 saturated carbocycles.